The lowest BCUT2D eigenvalue weighted by molar-refractivity contribution is -0.148. The van der Waals surface area contributed by atoms with Crippen LogP contribution in [0.5, 0.6) is 0 Å². The van der Waals surface area contributed by atoms with E-state index in [1.54, 1.807) is 31.3 Å². The minimum atomic E-state index is -0.366. The van der Waals surface area contributed by atoms with Gasteiger partial charge in [0.05, 0.1) is 18.1 Å². The van der Waals surface area contributed by atoms with Gasteiger partial charge < -0.3 is 9.64 Å². The molecule has 1 aliphatic rings. The number of hydrogen-bond donors (Lipinski definition) is 0. The lowest BCUT2D eigenvalue weighted by Crippen LogP contribution is -2.41. The van der Waals surface area contributed by atoms with Gasteiger partial charge in [0.25, 0.3) is 5.56 Å². The van der Waals surface area contributed by atoms with E-state index in [-0.39, 0.29) is 28.6 Å². The fraction of sp³-hybridized carbons (Fsp3) is 0.381. The second-order valence-electron chi connectivity index (χ2n) is 6.86. The summed E-state index contributed by atoms with van der Waals surface area (Å²) in [7, 11) is 0. The van der Waals surface area contributed by atoms with Crippen molar-refractivity contribution in [2.24, 2.45) is 5.92 Å². The monoisotopic (exact) mass is 391 g/mol. The first-order valence-electron chi connectivity index (χ1n) is 9.45. The van der Waals surface area contributed by atoms with Gasteiger partial charge in [-0.3, -0.25) is 14.0 Å². The number of carbonyl (C=O) groups excluding carboxylic acids is 1. The van der Waals surface area contributed by atoms with Crippen LogP contribution in [0.3, 0.4) is 0 Å². The molecule has 0 bridgehead atoms. The highest BCUT2D eigenvalue weighted by atomic mass is 16.5. The van der Waals surface area contributed by atoms with Crippen LogP contribution >= 0.6 is 0 Å². The maximum absolute atomic E-state index is 13.2. The van der Waals surface area contributed by atoms with Gasteiger partial charge in [0.2, 0.25) is 0 Å². The highest BCUT2D eigenvalue weighted by Crippen LogP contribution is 2.26. The van der Waals surface area contributed by atoms with Gasteiger partial charge in [-0.1, -0.05) is 6.07 Å². The molecule has 3 heterocycles. The molecule has 0 saturated carbocycles. The van der Waals surface area contributed by atoms with E-state index in [2.05, 4.69) is 0 Å². The van der Waals surface area contributed by atoms with E-state index >= 15 is 0 Å². The molecule has 1 unspecified atom stereocenters. The summed E-state index contributed by atoms with van der Waals surface area (Å²) in [6.07, 6.45) is 4.32. The molecule has 1 fully saturated rings. The van der Waals surface area contributed by atoms with Crippen LogP contribution in [0.25, 0.3) is 11.7 Å². The standard InChI is InChI=1S/C21H21N5O3/c1-3-29-21(28)16-7-5-8-25(13-16)19-17(10-15(11-22)12-23)20(27)26-9-4-6-14(2)18(26)24-19/h4,6,9-10,16H,3,5,7-8,13H2,1-2H3. The molecule has 1 saturated heterocycles. The topological polar surface area (TPSA) is 111 Å². The van der Waals surface area contributed by atoms with Crippen LogP contribution in [0.4, 0.5) is 5.82 Å². The van der Waals surface area contributed by atoms with Crippen molar-refractivity contribution in [1.29, 1.82) is 10.5 Å². The molecule has 3 rings (SSSR count). The maximum atomic E-state index is 13.2. The summed E-state index contributed by atoms with van der Waals surface area (Å²) in [5.41, 5.74) is 0.932. The Labute approximate surface area is 168 Å². The Kier molecular flexibility index (Phi) is 5.94. The van der Waals surface area contributed by atoms with Crippen LogP contribution in [-0.4, -0.2) is 35.1 Å². The van der Waals surface area contributed by atoms with E-state index in [9.17, 15) is 9.59 Å². The Balaban J connectivity index is 2.17. The highest BCUT2D eigenvalue weighted by Gasteiger charge is 2.29. The van der Waals surface area contributed by atoms with Gasteiger partial charge >= 0.3 is 5.97 Å². The lowest BCUT2D eigenvalue weighted by Gasteiger charge is -2.33. The number of piperidine rings is 1. The molecule has 8 heteroatoms. The van der Waals surface area contributed by atoms with Crippen molar-refractivity contribution >= 4 is 23.5 Å². The molecule has 0 radical (unpaired) electrons. The van der Waals surface area contributed by atoms with Crippen molar-refractivity contribution in [3.63, 3.8) is 0 Å². The number of nitrogens with zero attached hydrogens (tertiary/aromatic N) is 5. The highest BCUT2D eigenvalue weighted by molar-refractivity contribution is 5.75. The molecule has 1 atom stereocenters. The number of aromatic nitrogens is 2. The molecule has 2 aromatic heterocycles. The third-order valence-corrected chi connectivity index (χ3v) is 4.93. The molecule has 29 heavy (non-hydrogen) atoms. The first-order chi connectivity index (χ1) is 14.0. The summed E-state index contributed by atoms with van der Waals surface area (Å²) in [6, 6.07) is 7.18. The van der Waals surface area contributed by atoms with Gasteiger partial charge in [-0.2, -0.15) is 10.5 Å². The van der Waals surface area contributed by atoms with E-state index in [0.29, 0.717) is 37.6 Å². The van der Waals surface area contributed by atoms with Crippen LogP contribution in [-0.2, 0) is 9.53 Å². The van der Waals surface area contributed by atoms with Crippen LogP contribution in [0.2, 0.25) is 0 Å². The quantitative estimate of drug-likeness (QED) is 0.580. The number of anilines is 1. The average Bonchev–Trinajstić information content (AvgIpc) is 2.74. The number of aryl methyl sites for hydroxylation is 1. The van der Waals surface area contributed by atoms with Crippen molar-refractivity contribution in [2.75, 3.05) is 24.6 Å². The van der Waals surface area contributed by atoms with Crippen LogP contribution in [0.1, 0.15) is 30.9 Å². The number of esters is 1. The Morgan fingerprint density at radius 2 is 2.17 bits per heavy atom. The van der Waals surface area contributed by atoms with E-state index < -0.39 is 0 Å². The predicted molar refractivity (Wildman–Crippen MR) is 107 cm³/mol. The van der Waals surface area contributed by atoms with Crippen molar-refractivity contribution in [1.82, 2.24) is 9.38 Å². The number of fused-ring (bicyclic) bond motifs is 1. The number of pyridine rings is 1. The SMILES string of the molecule is CCOC(=O)C1CCCN(c2nc3c(C)cccn3c(=O)c2C=C(C#N)C#N)C1. The summed E-state index contributed by atoms with van der Waals surface area (Å²) in [6.45, 7) is 4.91. The summed E-state index contributed by atoms with van der Waals surface area (Å²) < 4.78 is 6.56. The second kappa shape index (κ2) is 8.57. The van der Waals surface area contributed by atoms with Gasteiger partial charge in [-0.15, -0.1) is 0 Å². The normalized spacial score (nSPS) is 16.0. The number of carbonyl (C=O) groups is 1. The zero-order chi connectivity index (χ0) is 21.0. The second-order valence-corrected chi connectivity index (χ2v) is 6.86. The van der Waals surface area contributed by atoms with E-state index in [4.69, 9.17) is 20.2 Å². The third kappa shape index (κ3) is 3.97. The van der Waals surface area contributed by atoms with Gasteiger partial charge in [-0.05, 0) is 44.4 Å². The fourth-order valence-electron chi connectivity index (χ4n) is 3.52. The van der Waals surface area contributed by atoms with Gasteiger partial charge in [-0.25, -0.2) is 4.98 Å². The van der Waals surface area contributed by atoms with Crippen LogP contribution in [0.15, 0.2) is 28.7 Å². The molecular weight excluding hydrogens is 370 g/mol. The molecular formula is C21H21N5O3. The molecule has 8 nitrogen and oxygen atoms in total. The Morgan fingerprint density at radius 1 is 1.41 bits per heavy atom. The van der Waals surface area contributed by atoms with Crippen LogP contribution in [0, 0.1) is 35.5 Å². The minimum absolute atomic E-state index is 0.163. The number of hydrogen-bond acceptors (Lipinski definition) is 7. The van der Waals surface area contributed by atoms with Crippen molar-refractivity contribution in [3.8, 4) is 12.1 Å². The van der Waals surface area contributed by atoms with Crippen molar-refractivity contribution in [3.05, 3.63) is 45.4 Å². The molecule has 0 N–H and O–H groups in total. The molecule has 0 amide bonds. The van der Waals surface area contributed by atoms with E-state index in [1.807, 2.05) is 17.9 Å². The predicted octanol–water partition coefficient (Wildman–Crippen LogP) is 2.21. The van der Waals surface area contributed by atoms with Gasteiger partial charge in [0.15, 0.2) is 0 Å². The van der Waals surface area contributed by atoms with Crippen LogP contribution < -0.4 is 10.5 Å². The Morgan fingerprint density at radius 3 is 2.86 bits per heavy atom. The molecule has 148 valence electrons. The molecule has 0 spiro atoms. The Hall–Kier alpha value is -3.65. The summed E-state index contributed by atoms with van der Waals surface area (Å²) >= 11 is 0. The number of ether oxygens (including phenoxy) is 1. The zero-order valence-electron chi connectivity index (χ0n) is 16.4. The largest absolute Gasteiger partial charge is 0.466 e. The number of rotatable bonds is 4. The van der Waals surface area contributed by atoms with Gasteiger partial charge in [0, 0.05) is 19.3 Å². The lowest BCUT2D eigenvalue weighted by atomic mass is 9.97. The summed E-state index contributed by atoms with van der Waals surface area (Å²) in [5.74, 6) is -0.205. The van der Waals surface area contributed by atoms with E-state index in [0.717, 1.165) is 12.0 Å². The summed E-state index contributed by atoms with van der Waals surface area (Å²) in [5, 5.41) is 18.3. The smallest absolute Gasteiger partial charge is 0.310 e. The summed E-state index contributed by atoms with van der Waals surface area (Å²) in [4.78, 5) is 32.0. The van der Waals surface area contributed by atoms with Crippen molar-refractivity contribution in [2.45, 2.75) is 26.7 Å². The number of nitriles is 2. The third-order valence-electron chi connectivity index (χ3n) is 4.93. The van der Waals surface area contributed by atoms with Gasteiger partial charge in [0.1, 0.15) is 29.2 Å². The molecule has 1 aliphatic heterocycles. The minimum Gasteiger partial charge on any atom is -0.466 e. The molecule has 2 aromatic rings. The first kappa shape index (κ1) is 20.1. The molecule has 0 aliphatic carbocycles. The zero-order valence-corrected chi connectivity index (χ0v) is 16.4. The molecule has 0 aromatic carbocycles. The van der Waals surface area contributed by atoms with E-state index in [1.165, 1.54) is 10.5 Å². The number of allylic oxidation sites excluding steroid dienone is 1. The Bertz CT molecular complexity index is 1100. The maximum Gasteiger partial charge on any atom is 0.310 e. The first-order valence-corrected chi connectivity index (χ1v) is 9.45. The average molecular weight is 391 g/mol. The fourth-order valence-corrected chi connectivity index (χ4v) is 3.52. The van der Waals surface area contributed by atoms with Crippen molar-refractivity contribution < 1.29 is 9.53 Å².